The van der Waals surface area contributed by atoms with E-state index < -0.39 is 9.84 Å². The lowest BCUT2D eigenvalue weighted by Gasteiger charge is -2.26. The number of aromatic nitrogens is 2. The van der Waals surface area contributed by atoms with E-state index in [1.807, 2.05) is 36.1 Å². The van der Waals surface area contributed by atoms with Crippen LogP contribution in [0.15, 0.2) is 42.6 Å². The van der Waals surface area contributed by atoms with Crippen molar-refractivity contribution in [3.8, 4) is 0 Å². The number of sulfone groups is 1. The van der Waals surface area contributed by atoms with E-state index in [2.05, 4.69) is 27.4 Å². The van der Waals surface area contributed by atoms with Crippen molar-refractivity contribution in [3.63, 3.8) is 0 Å². The third kappa shape index (κ3) is 4.69. The van der Waals surface area contributed by atoms with Crippen LogP contribution in [-0.2, 0) is 16.3 Å². The predicted octanol–water partition coefficient (Wildman–Crippen LogP) is 2.14. The van der Waals surface area contributed by atoms with Crippen molar-refractivity contribution < 1.29 is 8.42 Å². The van der Waals surface area contributed by atoms with Crippen molar-refractivity contribution in [1.29, 1.82) is 0 Å². The third-order valence-electron chi connectivity index (χ3n) is 4.45. The van der Waals surface area contributed by atoms with E-state index in [0.717, 1.165) is 18.8 Å². The van der Waals surface area contributed by atoms with Gasteiger partial charge in [0.2, 0.25) is 5.95 Å². The Kier molecular flexibility index (Phi) is 5.53. The molecule has 1 fully saturated rings. The smallest absolute Gasteiger partial charge is 0.227 e. The van der Waals surface area contributed by atoms with Gasteiger partial charge in [0.05, 0.1) is 11.5 Å². The Morgan fingerprint density at radius 2 is 2.04 bits per heavy atom. The molecule has 2 heterocycles. The van der Waals surface area contributed by atoms with Crippen LogP contribution in [-0.4, -0.2) is 49.0 Å². The van der Waals surface area contributed by atoms with Gasteiger partial charge in [-0.05, 0) is 31.4 Å². The molecule has 0 radical (unpaired) electrons. The summed E-state index contributed by atoms with van der Waals surface area (Å²) in [5, 5.41) is 3.32. The summed E-state index contributed by atoms with van der Waals surface area (Å²) in [6, 6.07) is 12.1. The average molecular weight is 360 g/mol. The van der Waals surface area contributed by atoms with Gasteiger partial charge in [-0.2, -0.15) is 4.98 Å². The minimum absolute atomic E-state index is 0.0328. The van der Waals surface area contributed by atoms with Gasteiger partial charge in [-0.1, -0.05) is 30.3 Å². The maximum absolute atomic E-state index is 11.8. The van der Waals surface area contributed by atoms with Crippen molar-refractivity contribution in [3.05, 3.63) is 48.2 Å². The zero-order valence-electron chi connectivity index (χ0n) is 14.4. The predicted molar refractivity (Wildman–Crippen MR) is 101 cm³/mol. The van der Waals surface area contributed by atoms with Gasteiger partial charge in [-0.3, -0.25) is 0 Å². The quantitative estimate of drug-likeness (QED) is 0.815. The van der Waals surface area contributed by atoms with Gasteiger partial charge in [0.1, 0.15) is 5.82 Å². The number of hydrogen-bond acceptors (Lipinski definition) is 6. The molecule has 0 amide bonds. The second kappa shape index (κ2) is 7.82. The highest BCUT2D eigenvalue weighted by Crippen LogP contribution is 2.22. The highest BCUT2D eigenvalue weighted by Gasteiger charge is 2.32. The Hall–Kier alpha value is -2.15. The van der Waals surface area contributed by atoms with Crippen LogP contribution in [0.3, 0.4) is 0 Å². The summed E-state index contributed by atoms with van der Waals surface area (Å²) in [5.41, 5.74) is 1.27. The first-order valence-electron chi connectivity index (χ1n) is 8.65. The second-order valence-electron chi connectivity index (χ2n) is 6.25. The molecule has 134 valence electrons. The summed E-state index contributed by atoms with van der Waals surface area (Å²) in [4.78, 5) is 10.9. The van der Waals surface area contributed by atoms with E-state index in [-0.39, 0.29) is 17.5 Å². The average Bonchev–Trinajstić information content (AvgIpc) is 2.97. The molecule has 1 aromatic heterocycles. The zero-order chi connectivity index (χ0) is 17.7. The Balaban J connectivity index is 1.64. The number of nitrogens with one attached hydrogen (secondary N) is 1. The molecule has 1 aliphatic rings. The maximum Gasteiger partial charge on any atom is 0.227 e. The summed E-state index contributed by atoms with van der Waals surface area (Å²) in [6.07, 6.45) is 3.28. The lowest BCUT2D eigenvalue weighted by Crippen LogP contribution is -2.37. The van der Waals surface area contributed by atoms with Gasteiger partial charge in [0.15, 0.2) is 9.84 Å². The number of anilines is 2. The van der Waals surface area contributed by atoms with Gasteiger partial charge in [0.25, 0.3) is 0 Å². The summed E-state index contributed by atoms with van der Waals surface area (Å²) in [7, 11) is -2.93. The lowest BCUT2D eigenvalue weighted by atomic mass is 10.1. The molecule has 1 saturated heterocycles. The molecule has 2 aromatic rings. The minimum atomic E-state index is -2.93. The fourth-order valence-corrected chi connectivity index (χ4v) is 4.88. The Labute approximate surface area is 149 Å². The molecule has 3 rings (SSSR count). The molecule has 25 heavy (non-hydrogen) atoms. The first-order valence-corrected chi connectivity index (χ1v) is 10.5. The summed E-state index contributed by atoms with van der Waals surface area (Å²) < 4.78 is 23.5. The molecule has 1 aliphatic heterocycles. The maximum atomic E-state index is 11.8. The van der Waals surface area contributed by atoms with E-state index in [4.69, 9.17) is 0 Å². The molecule has 0 bridgehead atoms. The topological polar surface area (TPSA) is 75.2 Å². The van der Waals surface area contributed by atoms with Gasteiger partial charge < -0.3 is 10.2 Å². The van der Waals surface area contributed by atoms with Crippen molar-refractivity contribution in [2.45, 2.75) is 25.8 Å². The molecule has 1 N–H and O–H groups in total. The number of hydrogen-bond donors (Lipinski definition) is 1. The zero-order valence-corrected chi connectivity index (χ0v) is 15.2. The van der Waals surface area contributed by atoms with Crippen LogP contribution in [0.4, 0.5) is 11.8 Å². The Morgan fingerprint density at radius 3 is 2.72 bits per heavy atom. The van der Waals surface area contributed by atoms with Crippen LogP contribution in [0.25, 0.3) is 0 Å². The normalized spacial score (nSPS) is 18.8. The van der Waals surface area contributed by atoms with E-state index >= 15 is 0 Å². The van der Waals surface area contributed by atoms with E-state index in [1.54, 1.807) is 6.20 Å². The van der Waals surface area contributed by atoms with Crippen LogP contribution in [0.5, 0.6) is 0 Å². The van der Waals surface area contributed by atoms with E-state index in [0.29, 0.717) is 18.9 Å². The summed E-state index contributed by atoms with van der Waals surface area (Å²) >= 11 is 0. The fraction of sp³-hybridized carbons (Fsp3) is 0.444. The molecule has 0 aliphatic carbocycles. The lowest BCUT2D eigenvalue weighted by molar-refractivity contribution is 0.599. The highest BCUT2D eigenvalue weighted by molar-refractivity contribution is 7.91. The van der Waals surface area contributed by atoms with Crippen LogP contribution >= 0.6 is 0 Å². The SMILES string of the molecule is CCN(c1nccc(NCCc2ccccc2)n1)C1CCS(=O)(=O)C1. The molecule has 1 aromatic carbocycles. The van der Waals surface area contributed by atoms with Crippen molar-refractivity contribution in [1.82, 2.24) is 9.97 Å². The Bertz CT molecular complexity index is 796. The molecular weight excluding hydrogens is 336 g/mol. The first kappa shape index (κ1) is 17.7. The van der Waals surface area contributed by atoms with Gasteiger partial charge in [0, 0.05) is 25.3 Å². The Morgan fingerprint density at radius 1 is 1.24 bits per heavy atom. The van der Waals surface area contributed by atoms with Gasteiger partial charge in [-0.25, -0.2) is 13.4 Å². The molecule has 6 nitrogen and oxygen atoms in total. The van der Waals surface area contributed by atoms with Gasteiger partial charge in [-0.15, -0.1) is 0 Å². The fourth-order valence-electron chi connectivity index (χ4n) is 3.15. The van der Waals surface area contributed by atoms with Crippen LogP contribution < -0.4 is 10.2 Å². The van der Waals surface area contributed by atoms with E-state index in [9.17, 15) is 8.42 Å². The number of benzene rings is 1. The summed E-state index contributed by atoms with van der Waals surface area (Å²) in [6.45, 7) is 3.47. The number of rotatable bonds is 7. The third-order valence-corrected chi connectivity index (χ3v) is 6.20. The van der Waals surface area contributed by atoms with Crippen molar-refractivity contribution >= 4 is 21.6 Å². The molecular formula is C18H24N4O2S. The largest absolute Gasteiger partial charge is 0.370 e. The molecule has 1 atom stereocenters. The molecule has 7 heteroatoms. The minimum Gasteiger partial charge on any atom is -0.370 e. The number of nitrogens with zero attached hydrogens (tertiary/aromatic N) is 3. The van der Waals surface area contributed by atoms with Crippen LogP contribution in [0, 0.1) is 0 Å². The second-order valence-corrected chi connectivity index (χ2v) is 8.48. The monoisotopic (exact) mass is 360 g/mol. The van der Waals surface area contributed by atoms with Crippen molar-refractivity contribution in [2.75, 3.05) is 34.8 Å². The standard InChI is InChI=1S/C18H24N4O2S/c1-2-22(16-10-13-25(23,24)14-16)18-20-12-9-17(21-18)19-11-8-15-6-4-3-5-7-15/h3-7,9,12,16H,2,8,10-11,13-14H2,1H3,(H,19,20,21). The molecule has 0 spiro atoms. The molecule has 0 saturated carbocycles. The highest BCUT2D eigenvalue weighted by atomic mass is 32.2. The van der Waals surface area contributed by atoms with Crippen molar-refractivity contribution in [2.24, 2.45) is 0 Å². The van der Waals surface area contributed by atoms with Crippen LogP contribution in [0.1, 0.15) is 18.9 Å². The van der Waals surface area contributed by atoms with Crippen LogP contribution in [0.2, 0.25) is 0 Å². The molecule has 1 unspecified atom stereocenters. The first-order chi connectivity index (χ1) is 12.1. The summed E-state index contributed by atoms with van der Waals surface area (Å²) in [5.74, 6) is 1.80. The van der Waals surface area contributed by atoms with Gasteiger partial charge >= 0.3 is 0 Å². The van der Waals surface area contributed by atoms with E-state index in [1.165, 1.54) is 5.56 Å².